The molecule has 17 heavy (non-hydrogen) atoms. The van der Waals surface area contributed by atoms with Gasteiger partial charge in [-0.25, -0.2) is 0 Å². The number of fused-ring (bicyclic) bond motifs is 1. The summed E-state index contributed by atoms with van der Waals surface area (Å²) in [4.78, 5) is 11.1. The van der Waals surface area contributed by atoms with Crippen LogP contribution < -0.4 is 5.32 Å². The highest BCUT2D eigenvalue weighted by molar-refractivity contribution is 9.09. The molecule has 2 rings (SSSR count). The first kappa shape index (κ1) is 12.1. The first-order valence-corrected chi connectivity index (χ1v) is 6.72. The van der Waals surface area contributed by atoms with Crippen molar-refractivity contribution in [2.24, 2.45) is 0 Å². The molecular formula is C14H14BrNO. The van der Waals surface area contributed by atoms with E-state index >= 15 is 0 Å². The minimum Gasteiger partial charge on any atom is -0.355 e. The minimum absolute atomic E-state index is 0.0331. The summed E-state index contributed by atoms with van der Waals surface area (Å²) >= 11 is 3.12. The van der Waals surface area contributed by atoms with Crippen molar-refractivity contribution in [3.8, 4) is 0 Å². The van der Waals surface area contributed by atoms with Crippen LogP contribution in [0.1, 0.15) is 5.56 Å². The largest absolute Gasteiger partial charge is 0.355 e. The summed E-state index contributed by atoms with van der Waals surface area (Å²) in [7, 11) is 0. The van der Waals surface area contributed by atoms with Gasteiger partial charge in [-0.15, -0.1) is 0 Å². The molecular weight excluding hydrogens is 278 g/mol. The van der Waals surface area contributed by atoms with Gasteiger partial charge in [0.1, 0.15) is 0 Å². The van der Waals surface area contributed by atoms with Gasteiger partial charge in [0.2, 0.25) is 5.91 Å². The Morgan fingerprint density at radius 3 is 2.65 bits per heavy atom. The smallest absolute Gasteiger partial charge is 0.230 e. The third kappa shape index (κ3) is 3.30. The second kappa shape index (κ2) is 5.82. The van der Waals surface area contributed by atoms with E-state index in [2.05, 4.69) is 51.6 Å². The Morgan fingerprint density at radius 1 is 1.12 bits per heavy atom. The summed E-state index contributed by atoms with van der Waals surface area (Å²) in [5, 5.41) is 5.71. The molecule has 1 amide bonds. The lowest BCUT2D eigenvalue weighted by molar-refractivity contribution is -0.118. The Kier molecular flexibility index (Phi) is 4.15. The maximum Gasteiger partial charge on any atom is 0.230 e. The van der Waals surface area contributed by atoms with Crippen LogP contribution in [0.2, 0.25) is 0 Å². The Morgan fingerprint density at radius 2 is 1.88 bits per heavy atom. The zero-order chi connectivity index (χ0) is 12.1. The van der Waals surface area contributed by atoms with Crippen LogP contribution in [0.5, 0.6) is 0 Å². The van der Waals surface area contributed by atoms with Crippen LogP contribution in [-0.4, -0.2) is 17.8 Å². The molecule has 2 nitrogen and oxygen atoms in total. The lowest BCUT2D eigenvalue weighted by Gasteiger charge is -2.05. The van der Waals surface area contributed by atoms with Gasteiger partial charge < -0.3 is 5.32 Å². The number of alkyl halides is 1. The number of benzene rings is 2. The average molecular weight is 292 g/mol. The van der Waals surface area contributed by atoms with Crippen LogP contribution in [0, 0.1) is 0 Å². The van der Waals surface area contributed by atoms with E-state index in [1.807, 2.05) is 12.1 Å². The molecule has 0 unspecified atom stereocenters. The molecule has 2 aromatic carbocycles. The van der Waals surface area contributed by atoms with Gasteiger partial charge in [0.25, 0.3) is 0 Å². The summed E-state index contributed by atoms with van der Waals surface area (Å²) in [6.07, 6.45) is 0.865. The fourth-order valence-corrected chi connectivity index (χ4v) is 1.99. The molecule has 0 bridgehead atoms. The fourth-order valence-electron chi connectivity index (χ4n) is 1.79. The monoisotopic (exact) mass is 291 g/mol. The van der Waals surface area contributed by atoms with Gasteiger partial charge in [0, 0.05) is 6.54 Å². The Labute approximate surface area is 109 Å². The molecule has 88 valence electrons. The molecule has 0 aromatic heterocycles. The van der Waals surface area contributed by atoms with Crippen molar-refractivity contribution in [3.63, 3.8) is 0 Å². The van der Waals surface area contributed by atoms with Crippen LogP contribution >= 0.6 is 15.9 Å². The molecule has 0 spiro atoms. The van der Waals surface area contributed by atoms with Gasteiger partial charge in [-0.05, 0) is 22.8 Å². The molecule has 0 aliphatic heterocycles. The maximum absolute atomic E-state index is 11.1. The second-order valence-corrected chi connectivity index (χ2v) is 4.48. The van der Waals surface area contributed by atoms with Crippen molar-refractivity contribution in [1.29, 1.82) is 0 Å². The van der Waals surface area contributed by atoms with E-state index in [4.69, 9.17) is 0 Å². The predicted molar refractivity (Wildman–Crippen MR) is 74.5 cm³/mol. The standard InChI is InChI=1S/C14H14BrNO/c15-10-14(17)16-8-7-11-5-6-12-3-1-2-4-13(12)9-11/h1-6,9H,7-8,10H2,(H,16,17). The fraction of sp³-hybridized carbons (Fsp3) is 0.214. The van der Waals surface area contributed by atoms with E-state index in [9.17, 15) is 4.79 Å². The lowest BCUT2D eigenvalue weighted by Crippen LogP contribution is -2.26. The highest BCUT2D eigenvalue weighted by Gasteiger charge is 1.99. The number of carbonyl (C=O) groups excluding carboxylic acids is 1. The highest BCUT2D eigenvalue weighted by atomic mass is 79.9. The summed E-state index contributed by atoms with van der Waals surface area (Å²) in [5.41, 5.74) is 1.25. The molecule has 0 atom stereocenters. The molecule has 0 aliphatic carbocycles. The van der Waals surface area contributed by atoms with Crippen LogP contribution in [0.4, 0.5) is 0 Å². The molecule has 2 aromatic rings. The van der Waals surface area contributed by atoms with Gasteiger partial charge in [-0.3, -0.25) is 4.79 Å². The van der Waals surface area contributed by atoms with Crippen LogP contribution in [0.3, 0.4) is 0 Å². The van der Waals surface area contributed by atoms with Gasteiger partial charge in [0.15, 0.2) is 0 Å². The number of amides is 1. The van der Waals surface area contributed by atoms with E-state index in [1.54, 1.807) is 0 Å². The average Bonchev–Trinajstić information content (AvgIpc) is 2.38. The van der Waals surface area contributed by atoms with Crippen molar-refractivity contribution in [2.75, 3.05) is 11.9 Å². The number of rotatable bonds is 4. The summed E-state index contributed by atoms with van der Waals surface area (Å²) in [6, 6.07) is 14.7. The SMILES string of the molecule is O=C(CBr)NCCc1ccc2ccccc2c1. The number of nitrogens with one attached hydrogen (secondary N) is 1. The van der Waals surface area contributed by atoms with Crippen molar-refractivity contribution in [2.45, 2.75) is 6.42 Å². The van der Waals surface area contributed by atoms with Gasteiger partial charge in [-0.2, -0.15) is 0 Å². The third-order valence-electron chi connectivity index (χ3n) is 2.67. The molecule has 0 saturated carbocycles. The molecule has 0 fully saturated rings. The van der Waals surface area contributed by atoms with Crippen molar-refractivity contribution < 1.29 is 4.79 Å². The Hall–Kier alpha value is -1.35. The number of halogens is 1. The number of hydrogen-bond donors (Lipinski definition) is 1. The summed E-state index contributed by atoms with van der Waals surface area (Å²) in [6.45, 7) is 0.683. The van der Waals surface area contributed by atoms with Crippen LogP contribution in [0.25, 0.3) is 10.8 Å². The Balaban J connectivity index is 2.02. The maximum atomic E-state index is 11.1. The number of carbonyl (C=O) groups is 1. The molecule has 0 aliphatic rings. The molecule has 0 radical (unpaired) electrons. The van der Waals surface area contributed by atoms with E-state index in [-0.39, 0.29) is 5.91 Å². The van der Waals surface area contributed by atoms with Gasteiger partial charge >= 0.3 is 0 Å². The van der Waals surface area contributed by atoms with E-state index in [1.165, 1.54) is 16.3 Å². The van der Waals surface area contributed by atoms with Crippen molar-refractivity contribution in [1.82, 2.24) is 5.32 Å². The highest BCUT2D eigenvalue weighted by Crippen LogP contribution is 2.15. The van der Waals surface area contributed by atoms with Gasteiger partial charge in [-0.1, -0.05) is 58.4 Å². The normalized spacial score (nSPS) is 10.4. The summed E-state index contributed by atoms with van der Waals surface area (Å²) in [5.74, 6) is 0.0331. The topological polar surface area (TPSA) is 29.1 Å². The predicted octanol–water partition coefficient (Wildman–Crippen LogP) is 2.89. The van der Waals surface area contributed by atoms with Crippen LogP contribution in [-0.2, 0) is 11.2 Å². The minimum atomic E-state index is 0.0331. The second-order valence-electron chi connectivity index (χ2n) is 3.92. The first-order valence-electron chi connectivity index (χ1n) is 5.60. The van der Waals surface area contributed by atoms with E-state index in [0.717, 1.165) is 6.42 Å². The first-order chi connectivity index (χ1) is 8.29. The third-order valence-corrected chi connectivity index (χ3v) is 3.18. The Bertz CT molecular complexity index is 524. The lowest BCUT2D eigenvalue weighted by atomic mass is 10.1. The van der Waals surface area contributed by atoms with Crippen molar-refractivity contribution in [3.05, 3.63) is 48.0 Å². The van der Waals surface area contributed by atoms with Crippen LogP contribution in [0.15, 0.2) is 42.5 Å². The van der Waals surface area contributed by atoms with E-state index < -0.39 is 0 Å². The van der Waals surface area contributed by atoms with E-state index in [0.29, 0.717) is 11.9 Å². The number of hydrogen-bond acceptors (Lipinski definition) is 1. The zero-order valence-corrected chi connectivity index (χ0v) is 11.0. The van der Waals surface area contributed by atoms with Crippen molar-refractivity contribution >= 4 is 32.6 Å². The zero-order valence-electron chi connectivity index (χ0n) is 9.45. The quantitative estimate of drug-likeness (QED) is 0.863. The molecule has 0 heterocycles. The van der Waals surface area contributed by atoms with Gasteiger partial charge in [0.05, 0.1) is 5.33 Å². The molecule has 0 saturated heterocycles. The summed E-state index contributed by atoms with van der Waals surface area (Å²) < 4.78 is 0. The molecule has 1 N–H and O–H groups in total. The molecule has 3 heteroatoms.